The summed E-state index contributed by atoms with van der Waals surface area (Å²) in [4.78, 5) is 19.2. The van der Waals surface area contributed by atoms with Crippen LogP contribution in [0.3, 0.4) is 0 Å². The molecule has 0 saturated heterocycles. The van der Waals surface area contributed by atoms with Gasteiger partial charge in [0.2, 0.25) is 5.82 Å². The smallest absolute Gasteiger partial charge is 0.376 e. The SMILES string of the molecule is COC(=O)c1nccc(NC2CCCC2)n1. The van der Waals surface area contributed by atoms with Gasteiger partial charge >= 0.3 is 5.97 Å². The third-order valence-electron chi connectivity index (χ3n) is 2.73. The fraction of sp³-hybridized carbons (Fsp3) is 0.545. The largest absolute Gasteiger partial charge is 0.463 e. The van der Waals surface area contributed by atoms with Gasteiger partial charge in [0.15, 0.2) is 0 Å². The van der Waals surface area contributed by atoms with E-state index in [2.05, 4.69) is 20.0 Å². The predicted molar refractivity (Wildman–Crippen MR) is 59.3 cm³/mol. The van der Waals surface area contributed by atoms with Crippen LogP contribution in [-0.4, -0.2) is 29.1 Å². The molecule has 0 aromatic carbocycles. The van der Waals surface area contributed by atoms with Crippen LogP contribution in [0.1, 0.15) is 36.3 Å². The Morgan fingerprint density at radius 3 is 2.94 bits per heavy atom. The summed E-state index contributed by atoms with van der Waals surface area (Å²) in [6, 6.07) is 2.24. The molecule has 86 valence electrons. The molecule has 0 unspecified atom stereocenters. The number of anilines is 1. The van der Waals surface area contributed by atoms with Crippen molar-refractivity contribution >= 4 is 11.8 Å². The van der Waals surface area contributed by atoms with Crippen molar-refractivity contribution in [3.63, 3.8) is 0 Å². The van der Waals surface area contributed by atoms with Gasteiger partial charge in [0.25, 0.3) is 0 Å². The molecule has 1 aromatic rings. The number of methoxy groups -OCH3 is 1. The Bertz CT molecular complexity index is 375. The van der Waals surface area contributed by atoms with E-state index in [0.717, 1.165) is 12.8 Å². The molecule has 5 nitrogen and oxygen atoms in total. The zero-order valence-electron chi connectivity index (χ0n) is 9.27. The number of esters is 1. The molecule has 1 aliphatic carbocycles. The monoisotopic (exact) mass is 221 g/mol. The first-order chi connectivity index (χ1) is 7.79. The number of ether oxygens (including phenoxy) is 1. The molecular formula is C11H15N3O2. The van der Waals surface area contributed by atoms with Crippen molar-refractivity contribution < 1.29 is 9.53 Å². The summed E-state index contributed by atoms with van der Waals surface area (Å²) in [5.41, 5.74) is 0. The quantitative estimate of drug-likeness (QED) is 0.786. The lowest BCUT2D eigenvalue weighted by Gasteiger charge is -2.12. The molecule has 0 aliphatic heterocycles. The Labute approximate surface area is 94.2 Å². The average Bonchev–Trinajstić information content (AvgIpc) is 2.81. The lowest BCUT2D eigenvalue weighted by atomic mass is 10.2. The van der Waals surface area contributed by atoms with Crippen LogP contribution in [0.4, 0.5) is 5.82 Å². The molecule has 2 rings (SSSR count). The number of carbonyl (C=O) groups is 1. The van der Waals surface area contributed by atoms with Crippen molar-refractivity contribution in [3.8, 4) is 0 Å². The molecule has 0 atom stereocenters. The average molecular weight is 221 g/mol. The van der Waals surface area contributed by atoms with Gasteiger partial charge in [-0.2, -0.15) is 0 Å². The van der Waals surface area contributed by atoms with E-state index < -0.39 is 5.97 Å². The zero-order valence-corrected chi connectivity index (χ0v) is 9.27. The van der Waals surface area contributed by atoms with Gasteiger partial charge in [-0.25, -0.2) is 14.8 Å². The summed E-state index contributed by atoms with van der Waals surface area (Å²) >= 11 is 0. The minimum absolute atomic E-state index is 0.102. The van der Waals surface area contributed by atoms with Crippen LogP contribution in [0, 0.1) is 0 Å². The van der Waals surface area contributed by atoms with Gasteiger partial charge in [-0.15, -0.1) is 0 Å². The van der Waals surface area contributed by atoms with Crippen molar-refractivity contribution in [2.75, 3.05) is 12.4 Å². The molecule has 0 amide bonds. The Balaban J connectivity index is 2.06. The highest BCUT2D eigenvalue weighted by molar-refractivity contribution is 5.85. The number of aromatic nitrogens is 2. The van der Waals surface area contributed by atoms with Crippen molar-refractivity contribution in [2.24, 2.45) is 0 Å². The maximum atomic E-state index is 11.2. The Kier molecular flexibility index (Phi) is 3.34. The topological polar surface area (TPSA) is 64.1 Å². The molecule has 1 N–H and O–H groups in total. The van der Waals surface area contributed by atoms with E-state index in [4.69, 9.17) is 0 Å². The van der Waals surface area contributed by atoms with Crippen LogP contribution < -0.4 is 5.32 Å². The second-order valence-electron chi connectivity index (χ2n) is 3.88. The van der Waals surface area contributed by atoms with E-state index in [1.807, 2.05) is 0 Å². The lowest BCUT2D eigenvalue weighted by molar-refractivity contribution is 0.0587. The first-order valence-electron chi connectivity index (χ1n) is 5.47. The Morgan fingerprint density at radius 2 is 2.25 bits per heavy atom. The minimum Gasteiger partial charge on any atom is -0.463 e. The third-order valence-corrected chi connectivity index (χ3v) is 2.73. The lowest BCUT2D eigenvalue weighted by Crippen LogP contribution is -2.17. The van der Waals surface area contributed by atoms with Crippen LogP contribution in [-0.2, 0) is 4.74 Å². The van der Waals surface area contributed by atoms with Gasteiger partial charge in [0.1, 0.15) is 5.82 Å². The number of nitrogens with one attached hydrogen (secondary N) is 1. The van der Waals surface area contributed by atoms with Crippen LogP contribution in [0.25, 0.3) is 0 Å². The highest BCUT2D eigenvalue weighted by Gasteiger charge is 2.16. The molecular weight excluding hydrogens is 206 g/mol. The molecule has 16 heavy (non-hydrogen) atoms. The normalized spacial score (nSPS) is 16.1. The van der Waals surface area contributed by atoms with Gasteiger partial charge in [-0.05, 0) is 18.9 Å². The van der Waals surface area contributed by atoms with E-state index in [0.29, 0.717) is 11.9 Å². The van der Waals surface area contributed by atoms with Crippen molar-refractivity contribution in [2.45, 2.75) is 31.7 Å². The summed E-state index contributed by atoms with van der Waals surface area (Å²) in [5.74, 6) is 0.294. The molecule has 1 fully saturated rings. The van der Waals surface area contributed by atoms with Crippen molar-refractivity contribution in [1.82, 2.24) is 9.97 Å². The molecule has 1 heterocycles. The highest BCUT2D eigenvalue weighted by atomic mass is 16.5. The van der Waals surface area contributed by atoms with Crippen molar-refractivity contribution in [3.05, 3.63) is 18.1 Å². The fourth-order valence-corrected chi connectivity index (χ4v) is 1.91. The van der Waals surface area contributed by atoms with Crippen molar-refractivity contribution in [1.29, 1.82) is 0 Å². The summed E-state index contributed by atoms with van der Waals surface area (Å²) < 4.78 is 4.57. The molecule has 1 aliphatic rings. The van der Waals surface area contributed by atoms with E-state index in [-0.39, 0.29) is 5.82 Å². The number of carbonyl (C=O) groups excluding carboxylic acids is 1. The Hall–Kier alpha value is -1.65. The standard InChI is InChI=1S/C11H15N3O2/c1-16-11(15)10-12-7-6-9(14-10)13-8-4-2-3-5-8/h6-8H,2-5H2,1H3,(H,12,13,14). The van der Waals surface area contributed by atoms with Gasteiger partial charge in [-0.3, -0.25) is 0 Å². The first kappa shape index (κ1) is 10.9. The minimum atomic E-state index is -0.505. The summed E-state index contributed by atoms with van der Waals surface area (Å²) in [7, 11) is 1.32. The maximum absolute atomic E-state index is 11.2. The third kappa shape index (κ3) is 2.48. The van der Waals surface area contributed by atoms with E-state index in [1.165, 1.54) is 20.0 Å². The van der Waals surface area contributed by atoms with Gasteiger partial charge in [-0.1, -0.05) is 12.8 Å². The summed E-state index contributed by atoms with van der Waals surface area (Å²) in [6.07, 6.45) is 6.41. The van der Waals surface area contributed by atoms with Crippen LogP contribution in [0.2, 0.25) is 0 Å². The fourth-order valence-electron chi connectivity index (χ4n) is 1.91. The van der Waals surface area contributed by atoms with Crippen LogP contribution in [0.5, 0.6) is 0 Å². The molecule has 5 heteroatoms. The molecule has 0 radical (unpaired) electrons. The van der Waals surface area contributed by atoms with E-state index in [1.54, 1.807) is 12.3 Å². The number of nitrogens with zero attached hydrogens (tertiary/aromatic N) is 2. The second-order valence-corrected chi connectivity index (χ2v) is 3.88. The van der Waals surface area contributed by atoms with Gasteiger partial charge in [0.05, 0.1) is 7.11 Å². The van der Waals surface area contributed by atoms with Crippen LogP contribution in [0.15, 0.2) is 12.3 Å². The van der Waals surface area contributed by atoms with Crippen LogP contribution >= 0.6 is 0 Å². The summed E-state index contributed by atoms with van der Waals surface area (Å²) in [6.45, 7) is 0. The molecule has 1 saturated carbocycles. The number of rotatable bonds is 3. The molecule has 0 bridgehead atoms. The second kappa shape index (κ2) is 4.92. The number of hydrogen-bond donors (Lipinski definition) is 1. The molecule has 1 aromatic heterocycles. The van der Waals surface area contributed by atoms with Gasteiger partial charge in [0, 0.05) is 12.2 Å². The van der Waals surface area contributed by atoms with E-state index in [9.17, 15) is 4.79 Å². The summed E-state index contributed by atoms with van der Waals surface area (Å²) in [5, 5.41) is 3.30. The first-order valence-corrected chi connectivity index (χ1v) is 5.47. The number of hydrogen-bond acceptors (Lipinski definition) is 5. The Morgan fingerprint density at radius 1 is 1.50 bits per heavy atom. The zero-order chi connectivity index (χ0) is 11.4. The molecule has 0 spiro atoms. The maximum Gasteiger partial charge on any atom is 0.376 e. The van der Waals surface area contributed by atoms with E-state index >= 15 is 0 Å². The predicted octanol–water partition coefficient (Wildman–Crippen LogP) is 1.62. The highest BCUT2D eigenvalue weighted by Crippen LogP contribution is 2.21. The van der Waals surface area contributed by atoms with Gasteiger partial charge < -0.3 is 10.1 Å².